The number of nitro benzene ring substituents is 1. The quantitative estimate of drug-likeness (QED) is 0.485. The molecule has 4 nitrogen and oxygen atoms in total. The first kappa shape index (κ1) is 11.3. The van der Waals surface area contributed by atoms with Crippen molar-refractivity contribution in [2.45, 2.75) is 5.88 Å². The first-order valence-corrected chi connectivity index (χ1v) is 4.99. The number of non-ortho nitro benzene ring substituents is 1. The molecule has 1 aromatic rings. The molecule has 14 heavy (non-hydrogen) atoms. The van der Waals surface area contributed by atoms with Crippen LogP contribution < -0.4 is 4.74 Å². The summed E-state index contributed by atoms with van der Waals surface area (Å²) in [4.78, 5) is 10.0. The molecule has 0 aliphatic carbocycles. The van der Waals surface area contributed by atoms with Crippen LogP contribution in [0.2, 0.25) is 0 Å². The van der Waals surface area contributed by atoms with E-state index in [0.717, 1.165) is 0 Å². The van der Waals surface area contributed by atoms with Crippen LogP contribution in [0.1, 0.15) is 5.56 Å². The van der Waals surface area contributed by atoms with E-state index in [1.165, 1.54) is 19.2 Å². The molecule has 0 aromatic heterocycles. The second-order valence-corrected chi connectivity index (χ2v) is 3.63. The van der Waals surface area contributed by atoms with Gasteiger partial charge in [-0.1, -0.05) is 0 Å². The van der Waals surface area contributed by atoms with Crippen molar-refractivity contribution in [2.75, 3.05) is 7.11 Å². The highest BCUT2D eigenvalue weighted by Gasteiger charge is 2.14. The number of alkyl halides is 1. The highest BCUT2D eigenvalue weighted by atomic mass is 79.9. The molecule has 6 heteroatoms. The predicted molar refractivity (Wildman–Crippen MR) is 56.9 cm³/mol. The van der Waals surface area contributed by atoms with Gasteiger partial charge in [-0.3, -0.25) is 10.1 Å². The zero-order valence-electron chi connectivity index (χ0n) is 7.29. The summed E-state index contributed by atoms with van der Waals surface area (Å²) in [6.07, 6.45) is 0. The predicted octanol–water partition coefficient (Wildman–Crippen LogP) is 3.10. The minimum Gasteiger partial charge on any atom is -0.495 e. The normalized spacial score (nSPS) is 9.93. The van der Waals surface area contributed by atoms with Crippen LogP contribution >= 0.6 is 27.5 Å². The van der Waals surface area contributed by atoms with E-state index in [0.29, 0.717) is 15.8 Å². The average Bonchev–Trinajstić information content (AvgIpc) is 2.16. The fraction of sp³-hybridized carbons (Fsp3) is 0.250. The van der Waals surface area contributed by atoms with Crippen LogP contribution in [-0.2, 0) is 5.88 Å². The summed E-state index contributed by atoms with van der Waals surface area (Å²) in [5.74, 6) is 0.703. The van der Waals surface area contributed by atoms with Gasteiger partial charge in [-0.05, 0) is 15.9 Å². The number of benzene rings is 1. The molecule has 0 N–H and O–H groups in total. The fourth-order valence-electron chi connectivity index (χ4n) is 1.07. The van der Waals surface area contributed by atoms with E-state index < -0.39 is 4.92 Å². The Balaban J connectivity index is 3.31. The summed E-state index contributed by atoms with van der Waals surface area (Å²) in [6.45, 7) is 0. The van der Waals surface area contributed by atoms with Gasteiger partial charge in [0.05, 0.1) is 22.4 Å². The van der Waals surface area contributed by atoms with Gasteiger partial charge >= 0.3 is 0 Å². The Bertz CT molecular complexity index is 370. The molecule has 0 atom stereocenters. The average molecular weight is 281 g/mol. The lowest BCUT2D eigenvalue weighted by Crippen LogP contribution is -1.95. The molecular formula is C8H7BrClNO3. The molecule has 0 aliphatic heterocycles. The molecule has 0 radical (unpaired) electrons. The molecular weight excluding hydrogens is 273 g/mol. The second-order valence-electron chi connectivity index (χ2n) is 2.51. The van der Waals surface area contributed by atoms with E-state index in [9.17, 15) is 10.1 Å². The highest BCUT2D eigenvalue weighted by molar-refractivity contribution is 9.10. The van der Waals surface area contributed by atoms with Gasteiger partial charge in [0.15, 0.2) is 0 Å². The minimum absolute atomic E-state index is 0.00618. The van der Waals surface area contributed by atoms with Gasteiger partial charge in [0.2, 0.25) is 0 Å². The Morgan fingerprint density at radius 3 is 2.71 bits per heavy atom. The number of hydrogen-bond acceptors (Lipinski definition) is 3. The van der Waals surface area contributed by atoms with Gasteiger partial charge in [0.25, 0.3) is 5.69 Å². The van der Waals surface area contributed by atoms with Gasteiger partial charge in [0, 0.05) is 17.7 Å². The maximum Gasteiger partial charge on any atom is 0.271 e. The van der Waals surface area contributed by atoms with Crippen LogP contribution in [0.3, 0.4) is 0 Å². The van der Waals surface area contributed by atoms with Crippen molar-refractivity contribution < 1.29 is 9.66 Å². The van der Waals surface area contributed by atoms with Crippen molar-refractivity contribution in [2.24, 2.45) is 0 Å². The summed E-state index contributed by atoms with van der Waals surface area (Å²) in [6, 6.07) is 2.78. The lowest BCUT2D eigenvalue weighted by Gasteiger charge is -2.07. The minimum atomic E-state index is -0.472. The maximum atomic E-state index is 10.5. The first-order valence-electron chi connectivity index (χ1n) is 3.67. The lowest BCUT2D eigenvalue weighted by molar-refractivity contribution is -0.385. The molecule has 0 bridgehead atoms. The van der Waals surface area contributed by atoms with Crippen LogP contribution in [0, 0.1) is 10.1 Å². The number of nitro groups is 1. The Morgan fingerprint density at radius 1 is 1.64 bits per heavy atom. The number of rotatable bonds is 3. The third kappa shape index (κ3) is 2.16. The van der Waals surface area contributed by atoms with E-state index in [1.807, 2.05) is 0 Å². The van der Waals surface area contributed by atoms with Crippen molar-refractivity contribution in [3.63, 3.8) is 0 Å². The molecule has 0 unspecified atom stereocenters. The number of nitrogens with zero attached hydrogens (tertiary/aromatic N) is 1. The van der Waals surface area contributed by atoms with E-state index in [4.69, 9.17) is 16.3 Å². The van der Waals surface area contributed by atoms with E-state index >= 15 is 0 Å². The van der Waals surface area contributed by atoms with Crippen LogP contribution in [0.25, 0.3) is 0 Å². The number of ether oxygens (including phenoxy) is 1. The smallest absolute Gasteiger partial charge is 0.271 e. The van der Waals surface area contributed by atoms with E-state index in [-0.39, 0.29) is 11.6 Å². The molecule has 1 rings (SSSR count). The van der Waals surface area contributed by atoms with Crippen LogP contribution in [-0.4, -0.2) is 12.0 Å². The molecule has 0 amide bonds. The molecule has 0 fully saturated rings. The summed E-state index contributed by atoms with van der Waals surface area (Å²) >= 11 is 8.82. The fourth-order valence-corrected chi connectivity index (χ4v) is 1.92. The van der Waals surface area contributed by atoms with Crippen LogP contribution in [0.15, 0.2) is 16.6 Å². The molecule has 1 aromatic carbocycles. The monoisotopic (exact) mass is 279 g/mol. The Morgan fingerprint density at radius 2 is 2.29 bits per heavy atom. The summed E-state index contributed by atoms with van der Waals surface area (Å²) in [5.41, 5.74) is 0.587. The maximum absolute atomic E-state index is 10.5. The first-order chi connectivity index (χ1) is 6.60. The SMILES string of the molecule is COc1c(Br)cc([N+](=O)[O-])cc1CCl. The summed E-state index contributed by atoms with van der Waals surface area (Å²) in [7, 11) is 1.49. The Labute approximate surface area is 94.1 Å². The summed E-state index contributed by atoms with van der Waals surface area (Å²) in [5, 5.41) is 10.5. The van der Waals surface area contributed by atoms with E-state index in [2.05, 4.69) is 15.9 Å². The van der Waals surface area contributed by atoms with E-state index in [1.54, 1.807) is 0 Å². The highest BCUT2D eigenvalue weighted by Crippen LogP contribution is 2.34. The van der Waals surface area contributed by atoms with Gasteiger partial charge in [-0.15, -0.1) is 11.6 Å². The Kier molecular flexibility index (Phi) is 3.71. The molecule has 76 valence electrons. The van der Waals surface area contributed by atoms with Crippen molar-refractivity contribution in [3.8, 4) is 5.75 Å². The number of hydrogen-bond donors (Lipinski definition) is 0. The van der Waals surface area contributed by atoms with Gasteiger partial charge in [-0.2, -0.15) is 0 Å². The van der Waals surface area contributed by atoms with Crippen molar-refractivity contribution in [1.29, 1.82) is 0 Å². The standard InChI is InChI=1S/C8H7BrClNO3/c1-14-8-5(4-10)2-6(11(12)13)3-7(8)9/h2-3H,4H2,1H3. The molecule has 0 heterocycles. The van der Waals surface area contributed by atoms with Gasteiger partial charge < -0.3 is 4.74 Å². The van der Waals surface area contributed by atoms with Crippen molar-refractivity contribution in [1.82, 2.24) is 0 Å². The van der Waals surface area contributed by atoms with Crippen LogP contribution in [0.5, 0.6) is 5.75 Å². The van der Waals surface area contributed by atoms with Crippen molar-refractivity contribution >= 4 is 33.2 Å². The topological polar surface area (TPSA) is 52.4 Å². The molecule has 0 saturated heterocycles. The third-order valence-electron chi connectivity index (χ3n) is 1.66. The molecule has 0 spiro atoms. The van der Waals surface area contributed by atoms with Gasteiger partial charge in [0.1, 0.15) is 5.75 Å². The van der Waals surface area contributed by atoms with Gasteiger partial charge in [-0.25, -0.2) is 0 Å². The molecule has 0 saturated carbocycles. The van der Waals surface area contributed by atoms with Crippen LogP contribution in [0.4, 0.5) is 5.69 Å². The zero-order chi connectivity index (χ0) is 10.7. The lowest BCUT2D eigenvalue weighted by atomic mass is 10.2. The third-order valence-corrected chi connectivity index (χ3v) is 2.54. The summed E-state index contributed by atoms with van der Waals surface area (Å²) < 4.78 is 5.58. The number of halogens is 2. The van der Waals surface area contributed by atoms with Crippen molar-refractivity contribution in [3.05, 3.63) is 32.3 Å². The Hall–Kier alpha value is -0.810. The molecule has 0 aliphatic rings. The second kappa shape index (κ2) is 4.61. The zero-order valence-corrected chi connectivity index (χ0v) is 9.63. The largest absolute Gasteiger partial charge is 0.495 e. The number of methoxy groups -OCH3 is 1.